The maximum Gasteiger partial charge on any atom is 0.237 e. The van der Waals surface area contributed by atoms with Crippen molar-refractivity contribution in [2.75, 3.05) is 6.61 Å². The second kappa shape index (κ2) is 6.60. The van der Waals surface area contributed by atoms with E-state index in [1.807, 2.05) is 6.07 Å². The SMILES string of the molecule is Cc1ccc([C@@]2(N)CCOc3nccnc32)cc1F.Cl.S. The van der Waals surface area contributed by atoms with Crippen LogP contribution in [0.15, 0.2) is 30.6 Å². The molecule has 1 atom stereocenters. The van der Waals surface area contributed by atoms with Gasteiger partial charge in [0.2, 0.25) is 5.88 Å². The lowest BCUT2D eigenvalue weighted by Gasteiger charge is -2.34. The van der Waals surface area contributed by atoms with Gasteiger partial charge >= 0.3 is 0 Å². The minimum atomic E-state index is -0.851. The van der Waals surface area contributed by atoms with Gasteiger partial charge in [-0.15, -0.1) is 12.4 Å². The summed E-state index contributed by atoms with van der Waals surface area (Å²) < 4.78 is 19.2. The molecule has 0 aliphatic carbocycles. The van der Waals surface area contributed by atoms with Crippen LogP contribution in [0.4, 0.5) is 4.39 Å². The summed E-state index contributed by atoms with van der Waals surface area (Å²) in [4.78, 5) is 8.39. The summed E-state index contributed by atoms with van der Waals surface area (Å²) in [5, 5.41) is 0. The van der Waals surface area contributed by atoms with Crippen LogP contribution >= 0.6 is 25.9 Å². The van der Waals surface area contributed by atoms with Gasteiger partial charge < -0.3 is 10.5 Å². The molecule has 0 saturated carbocycles. The van der Waals surface area contributed by atoms with Crippen LogP contribution < -0.4 is 10.5 Å². The number of nitrogens with two attached hydrogens (primary N) is 1. The highest BCUT2D eigenvalue weighted by Gasteiger charge is 2.38. The maximum absolute atomic E-state index is 13.8. The minimum Gasteiger partial charge on any atom is -0.476 e. The number of ether oxygens (including phenoxy) is 1. The van der Waals surface area contributed by atoms with Gasteiger partial charge in [-0.1, -0.05) is 12.1 Å². The number of hydrogen-bond acceptors (Lipinski definition) is 4. The summed E-state index contributed by atoms with van der Waals surface area (Å²) in [6.07, 6.45) is 3.67. The largest absolute Gasteiger partial charge is 0.476 e. The molecule has 7 heteroatoms. The Morgan fingerprint density at radius 2 is 2.00 bits per heavy atom. The van der Waals surface area contributed by atoms with Crippen LogP contribution in [0, 0.1) is 12.7 Å². The Kier molecular flexibility index (Phi) is 5.55. The number of hydrogen-bond donors (Lipinski definition) is 1. The van der Waals surface area contributed by atoms with Gasteiger partial charge in [0.05, 0.1) is 12.1 Å². The molecule has 0 amide bonds. The highest BCUT2D eigenvalue weighted by molar-refractivity contribution is 7.59. The van der Waals surface area contributed by atoms with Gasteiger partial charge in [0, 0.05) is 18.8 Å². The Hall–Kier alpha value is -1.37. The van der Waals surface area contributed by atoms with Crippen molar-refractivity contribution in [3.8, 4) is 5.88 Å². The van der Waals surface area contributed by atoms with Crippen molar-refractivity contribution in [2.45, 2.75) is 18.9 Å². The van der Waals surface area contributed by atoms with Crippen LogP contribution in [0.5, 0.6) is 5.88 Å². The van der Waals surface area contributed by atoms with Crippen LogP contribution in [0.25, 0.3) is 0 Å². The fourth-order valence-corrected chi connectivity index (χ4v) is 2.32. The van der Waals surface area contributed by atoms with Crippen molar-refractivity contribution in [2.24, 2.45) is 5.73 Å². The molecular weight excluding hydrogens is 313 g/mol. The molecule has 0 unspecified atom stereocenters. The number of aromatic nitrogens is 2. The van der Waals surface area contributed by atoms with Crippen LogP contribution in [0.2, 0.25) is 0 Å². The lowest BCUT2D eigenvalue weighted by molar-refractivity contribution is 0.222. The first kappa shape index (κ1) is 17.7. The van der Waals surface area contributed by atoms with Crippen LogP contribution in [-0.2, 0) is 5.54 Å². The van der Waals surface area contributed by atoms with Crippen molar-refractivity contribution in [1.29, 1.82) is 0 Å². The van der Waals surface area contributed by atoms with E-state index in [0.717, 1.165) is 0 Å². The van der Waals surface area contributed by atoms with E-state index >= 15 is 0 Å². The summed E-state index contributed by atoms with van der Waals surface area (Å²) in [7, 11) is 0. The third-order valence-corrected chi connectivity index (χ3v) is 3.51. The molecule has 1 aromatic carbocycles. The monoisotopic (exact) mass is 329 g/mol. The Morgan fingerprint density at radius 3 is 2.71 bits per heavy atom. The zero-order valence-electron chi connectivity index (χ0n) is 11.5. The van der Waals surface area contributed by atoms with E-state index in [1.165, 1.54) is 6.07 Å². The molecule has 0 spiro atoms. The number of aryl methyl sites for hydroxylation is 1. The molecule has 114 valence electrons. The molecule has 21 heavy (non-hydrogen) atoms. The Morgan fingerprint density at radius 1 is 1.29 bits per heavy atom. The van der Waals surface area contributed by atoms with Gasteiger partial charge in [-0.05, 0) is 24.1 Å². The van der Waals surface area contributed by atoms with Gasteiger partial charge in [-0.25, -0.2) is 9.37 Å². The molecule has 3 rings (SSSR count). The summed E-state index contributed by atoms with van der Waals surface area (Å²) in [5.41, 5.74) is 7.46. The molecule has 2 N–H and O–H groups in total. The molecule has 1 aliphatic heterocycles. The fraction of sp³-hybridized carbons (Fsp3) is 0.286. The van der Waals surface area contributed by atoms with Gasteiger partial charge in [0.1, 0.15) is 11.5 Å². The Labute approximate surface area is 135 Å². The molecule has 1 aromatic heterocycles. The lowest BCUT2D eigenvalue weighted by Crippen LogP contribution is -2.43. The van der Waals surface area contributed by atoms with E-state index in [4.69, 9.17) is 10.5 Å². The second-order valence-corrected chi connectivity index (χ2v) is 4.74. The number of halogens is 2. The summed E-state index contributed by atoms with van der Waals surface area (Å²) in [6, 6.07) is 5.03. The van der Waals surface area contributed by atoms with Crippen molar-refractivity contribution in [1.82, 2.24) is 9.97 Å². The average Bonchev–Trinajstić information content (AvgIpc) is 2.42. The van der Waals surface area contributed by atoms with Gasteiger partial charge in [-0.3, -0.25) is 4.98 Å². The van der Waals surface area contributed by atoms with E-state index < -0.39 is 5.54 Å². The van der Waals surface area contributed by atoms with E-state index in [0.29, 0.717) is 35.7 Å². The van der Waals surface area contributed by atoms with Crippen LogP contribution in [0.3, 0.4) is 0 Å². The number of fused-ring (bicyclic) bond motifs is 1. The minimum absolute atomic E-state index is 0. The third-order valence-electron chi connectivity index (χ3n) is 3.51. The first-order valence-corrected chi connectivity index (χ1v) is 6.11. The number of rotatable bonds is 1. The average molecular weight is 330 g/mol. The van der Waals surface area contributed by atoms with Gasteiger partial charge in [0.25, 0.3) is 0 Å². The molecule has 0 radical (unpaired) electrons. The molecule has 4 nitrogen and oxygen atoms in total. The quantitative estimate of drug-likeness (QED) is 0.873. The summed E-state index contributed by atoms with van der Waals surface area (Å²) in [5.74, 6) is 0.163. The van der Waals surface area contributed by atoms with Crippen molar-refractivity contribution in [3.05, 3.63) is 53.2 Å². The van der Waals surface area contributed by atoms with Crippen molar-refractivity contribution in [3.63, 3.8) is 0 Å². The fourth-order valence-electron chi connectivity index (χ4n) is 2.32. The van der Waals surface area contributed by atoms with E-state index in [2.05, 4.69) is 9.97 Å². The highest BCUT2D eigenvalue weighted by Crippen LogP contribution is 2.37. The zero-order chi connectivity index (χ0) is 13.5. The molecule has 2 heterocycles. The number of benzene rings is 1. The van der Waals surface area contributed by atoms with E-state index in [9.17, 15) is 4.39 Å². The van der Waals surface area contributed by atoms with Gasteiger partial charge in [-0.2, -0.15) is 13.5 Å². The normalized spacial score (nSPS) is 19.6. The van der Waals surface area contributed by atoms with Crippen molar-refractivity contribution >= 4 is 25.9 Å². The maximum atomic E-state index is 13.8. The summed E-state index contributed by atoms with van der Waals surface area (Å²) in [6.45, 7) is 2.16. The van der Waals surface area contributed by atoms with Crippen molar-refractivity contribution < 1.29 is 9.13 Å². The molecular formula is C14H17ClFN3OS. The second-order valence-electron chi connectivity index (χ2n) is 4.74. The molecule has 0 fully saturated rings. The Balaban J connectivity index is 0.00000110. The first-order chi connectivity index (χ1) is 9.11. The molecule has 0 bridgehead atoms. The molecule has 1 aliphatic rings. The topological polar surface area (TPSA) is 61.0 Å². The third kappa shape index (κ3) is 2.97. The number of nitrogens with zero attached hydrogens (tertiary/aromatic N) is 2. The standard InChI is InChI=1S/C14H14FN3O.ClH.H2S/c1-9-2-3-10(8-11(9)15)14(16)4-7-19-13-12(14)17-5-6-18-13;;/h2-3,5-6,8H,4,7,16H2,1H3;1H;1H2/t14-;;/m0../s1. The van der Waals surface area contributed by atoms with Crippen LogP contribution in [-0.4, -0.2) is 16.6 Å². The summed E-state index contributed by atoms with van der Waals surface area (Å²) >= 11 is 0. The highest BCUT2D eigenvalue weighted by atomic mass is 35.5. The lowest BCUT2D eigenvalue weighted by atomic mass is 9.83. The molecule has 0 saturated heterocycles. The zero-order valence-corrected chi connectivity index (χ0v) is 13.3. The predicted octanol–water partition coefficient (Wildman–Crippen LogP) is 2.44. The first-order valence-electron chi connectivity index (χ1n) is 6.11. The van der Waals surface area contributed by atoms with E-state index in [-0.39, 0.29) is 31.7 Å². The smallest absolute Gasteiger partial charge is 0.237 e. The predicted molar refractivity (Wildman–Crippen MR) is 85.9 cm³/mol. The van der Waals surface area contributed by atoms with E-state index in [1.54, 1.807) is 25.4 Å². The Bertz CT molecular complexity index is 643. The van der Waals surface area contributed by atoms with Gasteiger partial charge in [0.15, 0.2) is 0 Å². The molecule has 2 aromatic rings. The van der Waals surface area contributed by atoms with Crippen LogP contribution in [0.1, 0.15) is 23.2 Å².